The number of alkyl halides is 3. The number of hydrogen-bond acceptors (Lipinski definition) is 2. The van der Waals surface area contributed by atoms with Crippen LogP contribution in [0.4, 0.5) is 13.2 Å². The van der Waals surface area contributed by atoms with Crippen LogP contribution < -0.4 is 0 Å². The van der Waals surface area contributed by atoms with Crippen molar-refractivity contribution in [3.63, 3.8) is 0 Å². The minimum Gasteiger partial charge on any atom is -0.389 e. The number of aliphatic hydroxyl groups is 2. The maximum atomic E-state index is 13.1. The zero-order valence-electron chi connectivity index (χ0n) is 8.08. The summed E-state index contributed by atoms with van der Waals surface area (Å²) < 4.78 is 37.5. The molecule has 0 aromatic heterocycles. The van der Waals surface area contributed by atoms with Crippen LogP contribution in [0.15, 0.2) is 18.2 Å². The number of benzene rings is 1. The SMILES string of the molecule is OC(CCl)C(O)c1ccc(C(F)F)c(F)c1. The molecule has 2 nitrogen and oxygen atoms in total. The van der Waals surface area contributed by atoms with Gasteiger partial charge in [0.15, 0.2) is 0 Å². The lowest BCUT2D eigenvalue weighted by Crippen LogP contribution is -2.19. The van der Waals surface area contributed by atoms with Crippen molar-refractivity contribution in [2.45, 2.75) is 18.6 Å². The maximum absolute atomic E-state index is 13.1. The Morgan fingerprint density at radius 3 is 2.31 bits per heavy atom. The Hall–Kier alpha value is -0.780. The fraction of sp³-hybridized carbons (Fsp3) is 0.400. The van der Waals surface area contributed by atoms with Crippen LogP contribution in [0.3, 0.4) is 0 Å². The zero-order valence-corrected chi connectivity index (χ0v) is 8.83. The molecular weight excluding hydrogens is 245 g/mol. The second kappa shape index (κ2) is 5.52. The molecule has 0 spiro atoms. The largest absolute Gasteiger partial charge is 0.389 e. The van der Waals surface area contributed by atoms with Gasteiger partial charge in [-0.05, 0) is 11.6 Å². The summed E-state index contributed by atoms with van der Waals surface area (Å²) >= 11 is 5.29. The van der Waals surface area contributed by atoms with Gasteiger partial charge in [-0.3, -0.25) is 0 Å². The van der Waals surface area contributed by atoms with Gasteiger partial charge in [-0.25, -0.2) is 13.2 Å². The lowest BCUT2D eigenvalue weighted by atomic mass is 10.0. The van der Waals surface area contributed by atoms with Gasteiger partial charge in [0, 0.05) is 0 Å². The van der Waals surface area contributed by atoms with E-state index in [1.54, 1.807) is 0 Å². The summed E-state index contributed by atoms with van der Waals surface area (Å²) in [5, 5.41) is 18.7. The van der Waals surface area contributed by atoms with Crippen LogP contribution in [-0.4, -0.2) is 22.2 Å². The molecule has 0 bridgehead atoms. The van der Waals surface area contributed by atoms with E-state index in [0.29, 0.717) is 0 Å². The predicted octanol–water partition coefficient (Wildman–Crippen LogP) is 2.40. The molecule has 0 radical (unpaired) electrons. The van der Waals surface area contributed by atoms with Crippen molar-refractivity contribution in [1.82, 2.24) is 0 Å². The average molecular weight is 255 g/mol. The highest BCUT2D eigenvalue weighted by atomic mass is 35.5. The van der Waals surface area contributed by atoms with E-state index in [9.17, 15) is 23.4 Å². The van der Waals surface area contributed by atoms with Gasteiger partial charge < -0.3 is 10.2 Å². The summed E-state index contributed by atoms with van der Waals surface area (Å²) in [5.74, 6) is -1.35. The summed E-state index contributed by atoms with van der Waals surface area (Å²) in [6.07, 6.45) is -5.57. The number of halogens is 4. The molecule has 0 saturated heterocycles. The van der Waals surface area contributed by atoms with E-state index in [0.717, 1.165) is 18.2 Å². The second-order valence-electron chi connectivity index (χ2n) is 3.25. The third kappa shape index (κ3) is 2.87. The van der Waals surface area contributed by atoms with Crippen molar-refractivity contribution in [1.29, 1.82) is 0 Å². The van der Waals surface area contributed by atoms with Crippen LogP contribution in [-0.2, 0) is 0 Å². The van der Waals surface area contributed by atoms with Crippen molar-refractivity contribution in [2.24, 2.45) is 0 Å². The Kier molecular flexibility index (Phi) is 4.58. The van der Waals surface area contributed by atoms with Gasteiger partial charge in [-0.2, -0.15) is 0 Å². The molecule has 90 valence electrons. The number of hydrogen-bond donors (Lipinski definition) is 2. The molecule has 0 aliphatic rings. The zero-order chi connectivity index (χ0) is 12.3. The lowest BCUT2D eigenvalue weighted by Gasteiger charge is -2.16. The van der Waals surface area contributed by atoms with Gasteiger partial charge in [-0.1, -0.05) is 12.1 Å². The highest BCUT2D eigenvalue weighted by molar-refractivity contribution is 6.18. The summed E-state index contributed by atoms with van der Waals surface area (Å²) in [6.45, 7) is 0. The highest BCUT2D eigenvalue weighted by Gasteiger charge is 2.20. The molecule has 0 aliphatic carbocycles. The first-order chi connectivity index (χ1) is 7.47. The fourth-order valence-corrected chi connectivity index (χ4v) is 1.38. The molecule has 16 heavy (non-hydrogen) atoms. The standard InChI is InChI=1S/C10H10ClF3O2/c11-4-8(15)9(16)5-1-2-6(10(13)14)7(12)3-5/h1-3,8-10,15-16H,4H2. The van der Waals surface area contributed by atoms with Crippen molar-refractivity contribution in [3.05, 3.63) is 35.1 Å². The molecule has 0 aliphatic heterocycles. The van der Waals surface area contributed by atoms with E-state index in [2.05, 4.69) is 0 Å². The van der Waals surface area contributed by atoms with Crippen LogP contribution in [0.1, 0.15) is 23.7 Å². The van der Waals surface area contributed by atoms with Gasteiger partial charge in [0.1, 0.15) is 11.9 Å². The van der Waals surface area contributed by atoms with Crippen LogP contribution in [0, 0.1) is 5.82 Å². The molecule has 2 unspecified atom stereocenters. The summed E-state index contributed by atoms with van der Waals surface area (Å²) in [5.41, 5.74) is -0.730. The predicted molar refractivity (Wildman–Crippen MR) is 53.0 cm³/mol. The summed E-state index contributed by atoms with van der Waals surface area (Å²) in [7, 11) is 0. The summed E-state index contributed by atoms with van der Waals surface area (Å²) in [6, 6.07) is 2.77. The van der Waals surface area contributed by atoms with Gasteiger partial charge in [0.05, 0.1) is 17.5 Å². The van der Waals surface area contributed by atoms with Crippen LogP contribution >= 0.6 is 11.6 Å². The first-order valence-electron chi connectivity index (χ1n) is 4.47. The Morgan fingerprint density at radius 1 is 1.25 bits per heavy atom. The van der Waals surface area contributed by atoms with E-state index in [-0.39, 0.29) is 11.4 Å². The van der Waals surface area contributed by atoms with Crippen molar-refractivity contribution >= 4 is 11.6 Å². The molecule has 0 fully saturated rings. The molecule has 0 amide bonds. The molecule has 1 rings (SSSR count). The van der Waals surface area contributed by atoms with E-state index in [1.165, 1.54) is 0 Å². The molecule has 2 atom stereocenters. The molecule has 1 aromatic carbocycles. The van der Waals surface area contributed by atoms with Crippen LogP contribution in [0.5, 0.6) is 0 Å². The summed E-state index contributed by atoms with van der Waals surface area (Å²) in [4.78, 5) is 0. The van der Waals surface area contributed by atoms with Crippen molar-refractivity contribution in [3.8, 4) is 0 Å². The normalized spacial score (nSPS) is 15.2. The smallest absolute Gasteiger partial charge is 0.266 e. The van der Waals surface area contributed by atoms with Crippen molar-refractivity contribution < 1.29 is 23.4 Å². The van der Waals surface area contributed by atoms with Gasteiger partial charge in [-0.15, -0.1) is 11.6 Å². The van der Waals surface area contributed by atoms with Crippen LogP contribution in [0.2, 0.25) is 0 Å². The minimum absolute atomic E-state index is 0.00931. The third-order valence-electron chi connectivity index (χ3n) is 2.12. The first kappa shape index (κ1) is 13.3. The average Bonchev–Trinajstić information content (AvgIpc) is 2.26. The topological polar surface area (TPSA) is 40.5 Å². The van der Waals surface area contributed by atoms with E-state index >= 15 is 0 Å². The highest BCUT2D eigenvalue weighted by Crippen LogP contribution is 2.26. The van der Waals surface area contributed by atoms with E-state index in [4.69, 9.17) is 11.6 Å². The van der Waals surface area contributed by atoms with Crippen molar-refractivity contribution in [2.75, 3.05) is 5.88 Å². The lowest BCUT2D eigenvalue weighted by molar-refractivity contribution is 0.0324. The van der Waals surface area contributed by atoms with E-state index < -0.39 is 30.0 Å². The second-order valence-corrected chi connectivity index (χ2v) is 3.56. The van der Waals surface area contributed by atoms with Crippen LogP contribution in [0.25, 0.3) is 0 Å². The Balaban J connectivity index is 2.97. The molecule has 0 saturated carbocycles. The molecule has 0 heterocycles. The number of rotatable bonds is 4. The monoisotopic (exact) mass is 254 g/mol. The van der Waals surface area contributed by atoms with Gasteiger partial charge in [0.25, 0.3) is 6.43 Å². The molecular formula is C10H10ClF3O2. The fourth-order valence-electron chi connectivity index (χ4n) is 1.21. The third-order valence-corrected chi connectivity index (χ3v) is 2.44. The van der Waals surface area contributed by atoms with Gasteiger partial charge in [0.2, 0.25) is 0 Å². The quantitative estimate of drug-likeness (QED) is 0.810. The molecule has 1 aromatic rings. The minimum atomic E-state index is -2.91. The Morgan fingerprint density at radius 2 is 1.88 bits per heavy atom. The first-order valence-corrected chi connectivity index (χ1v) is 5.00. The van der Waals surface area contributed by atoms with Gasteiger partial charge >= 0.3 is 0 Å². The Labute approximate surface area is 95.3 Å². The molecule has 2 N–H and O–H groups in total. The number of aliphatic hydroxyl groups excluding tert-OH is 2. The van der Waals surface area contributed by atoms with E-state index in [1.807, 2.05) is 0 Å². The Bertz CT molecular complexity index is 360. The molecule has 6 heteroatoms. The maximum Gasteiger partial charge on any atom is 0.266 e.